The Bertz CT molecular complexity index is 675. The molecule has 24 heavy (non-hydrogen) atoms. The van der Waals surface area contributed by atoms with Gasteiger partial charge in [0.1, 0.15) is 11.5 Å². The zero-order valence-corrected chi connectivity index (χ0v) is 14.8. The maximum absolute atomic E-state index is 12.4. The maximum Gasteiger partial charge on any atom is 0.222 e. The van der Waals surface area contributed by atoms with Crippen molar-refractivity contribution in [2.24, 2.45) is 0 Å². The van der Waals surface area contributed by atoms with E-state index in [1.807, 2.05) is 37.4 Å². The van der Waals surface area contributed by atoms with Crippen molar-refractivity contribution in [3.63, 3.8) is 0 Å². The third-order valence-corrected chi connectivity index (χ3v) is 4.13. The Balaban J connectivity index is 1.96. The Labute approximate surface area is 144 Å². The monoisotopic (exact) mass is 327 g/mol. The smallest absolute Gasteiger partial charge is 0.222 e. The second-order valence-electron chi connectivity index (χ2n) is 5.90. The minimum absolute atomic E-state index is 0.125. The lowest BCUT2D eigenvalue weighted by atomic mass is 10.1. The molecule has 4 nitrogen and oxygen atoms in total. The first-order chi connectivity index (χ1) is 11.5. The Morgan fingerprint density at radius 1 is 1.04 bits per heavy atom. The van der Waals surface area contributed by atoms with E-state index in [1.54, 1.807) is 19.1 Å². The number of ether oxygens (including phenoxy) is 2. The molecular formula is C20H25NO3. The van der Waals surface area contributed by atoms with Crippen LogP contribution in [-0.2, 0) is 17.8 Å². The number of hydrogen-bond acceptors (Lipinski definition) is 3. The van der Waals surface area contributed by atoms with Crippen molar-refractivity contribution in [1.82, 2.24) is 4.90 Å². The number of nitrogens with zero attached hydrogens (tertiary/aromatic N) is 1. The van der Waals surface area contributed by atoms with Gasteiger partial charge in [-0.15, -0.1) is 0 Å². The van der Waals surface area contributed by atoms with Gasteiger partial charge in [0, 0.05) is 26.1 Å². The van der Waals surface area contributed by atoms with E-state index in [0.29, 0.717) is 19.4 Å². The summed E-state index contributed by atoms with van der Waals surface area (Å²) in [4.78, 5) is 14.2. The maximum atomic E-state index is 12.4. The fraction of sp³-hybridized carbons (Fsp3) is 0.350. The molecule has 2 aromatic rings. The highest BCUT2D eigenvalue weighted by Gasteiger charge is 2.11. The van der Waals surface area contributed by atoms with Crippen LogP contribution in [0.5, 0.6) is 11.5 Å². The minimum Gasteiger partial charge on any atom is -0.497 e. The summed E-state index contributed by atoms with van der Waals surface area (Å²) >= 11 is 0. The first kappa shape index (κ1) is 17.9. The number of benzene rings is 2. The van der Waals surface area contributed by atoms with E-state index < -0.39 is 0 Å². The summed E-state index contributed by atoms with van der Waals surface area (Å²) in [5, 5.41) is 0. The molecule has 1 amide bonds. The molecule has 0 radical (unpaired) electrons. The van der Waals surface area contributed by atoms with Crippen LogP contribution in [0.2, 0.25) is 0 Å². The molecule has 0 aliphatic carbocycles. The van der Waals surface area contributed by atoms with Crippen molar-refractivity contribution in [3.8, 4) is 11.5 Å². The molecule has 0 spiro atoms. The fourth-order valence-corrected chi connectivity index (χ4v) is 2.58. The van der Waals surface area contributed by atoms with Gasteiger partial charge >= 0.3 is 0 Å². The van der Waals surface area contributed by atoms with Gasteiger partial charge in [0.2, 0.25) is 5.91 Å². The van der Waals surface area contributed by atoms with Crippen LogP contribution >= 0.6 is 0 Å². The lowest BCUT2D eigenvalue weighted by molar-refractivity contribution is -0.130. The summed E-state index contributed by atoms with van der Waals surface area (Å²) < 4.78 is 10.5. The molecule has 0 unspecified atom stereocenters. The molecule has 0 heterocycles. The summed E-state index contributed by atoms with van der Waals surface area (Å²) in [5.41, 5.74) is 3.41. The molecule has 128 valence electrons. The van der Waals surface area contributed by atoms with Gasteiger partial charge in [-0.05, 0) is 42.2 Å². The average molecular weight is 327 g/mol. The number of carbonyl (C=O) groups is 1. The quantitative estimate of drug-likeness (QED) is 0.780. The summed E-state index contributed by atoms with van der Waals surface area (Å²) in [5.74, 6) is 1.61. The lowest BCUT2D eigenvalue weighted by Crippen LogP contribution is -2.26. The highest BCUT2D eigenvalue weighted by Crippen LogP contribution is 2.23. The van der Waals surface area contributed by atoms with Crippen molar-refractivity contribution in [2.75, 3.05) is 21.3 Å². The third kappa shape index (κ3) is 4.75. The van der Waals surface area contributed by atoms with Crippen LogP contribution in [-0.4, -0.2) is 32.1 Å². The highest BCUT2D eigenvalue weighted by atomic mass is 16.5. The number of rotatable bonds is 7. The first-order valence-corrected chi connectivity index (χ1v) is 8.04. The SMILES string of the molecule is COc1cc(CCC(=O)N(C)Cc2ccccc2C)cc(OC)c1. The Hall–Kier alpha value is -2.49. The molecule has 0 aliphatic rings. The van der Waals surface area contributed by atoms with Gasteiger partial charge in [0.25, 0.3) is 0 Å². The zero-order chi connectivity index (χ0) is 17.5. The molecule has 0 saturated carbocycles. The van der Waals surface area contributed by atoms with Gasteiger partial charge in [-0.2, -0.15) is 0 Å². The molecule has 0 fully saturated rings. The van der Waals surface area contributed by atoms with E-state index in [9.17, 15) is 4.79 Å². The van der Waals surface area contributed by atoms with Gasteiger partial charge in [-0.1, -0.05) is 24.3 Å². The Kier molecular flexibility index (Phi) is 6.24. The van der Waals surface area contributed by atoms with Crippen molar-refractivity contribution in [2.45, 2.75) is 26.3 Å². The van der Waals surface area contributed by atoms with Crippen LogP contribution in [0.3, 0.4) is 0 Å². The van der Waals surface area contributed by atoms with E-state index in [2.05, 4.69) is 19.1 Å². The van der Waals surface area contributed by atoms with Gasteiger partial charge in [0.05, 0.1) is 14.2 Å². The summed E-state index contributed by atoms with van der Waals surface area (Å²) in [6, 6.07) is 13.9. The largest absolute Gasteiger partial charge is 0.497 e. The molecule has 2 rings (SSSR count). The molecule has 0 atom stereocenters. The third-order valence-electron chi connectivity index (χ3n) is 4.13. The van der Waals surface area contributed by atoms with Crippen LogP contribution in [0.15, 0.2) is 42.5 Å². The molecular weight excluding hydrogens is 302 g/mol. The molecule has 0 aliphatic heterocycles. The van der Waals surface area contributed by atoms with E-state index in [-0.39, 0.29) is 5.91 Å². The first-order valence-electron chi connectivity index (χ1n) is 8.04. The van der Waals surface area contributed by atoms with Crippen LogP contribution in [0.25, 0.3) is 0 Å². The number of carbonyl (C=O) groups excluding carboxylic acids is 1. The average Bonchev–Trinajstić information content (AvgIpc) is 2.61. The predicted molar refractivity (Wildman–Crippen MR) is 95.5 cm³/mol. The molecule has 0 saturated heterocycles. The number of hydrogen-bond donors (Lipinski definition) is 0. The van der Waals surface area contributed by atoms with Crippen LogP contribution in [0.4, 0.5) is 0 Å². The molecule has 0 bridgehead atoms. The summed E-state index contributed by atoms with van der Waals surface area (Å²) in [7, 11) is 5.10. The van der Waals surface area contributed by atoms with Crippen LogP contribution in [0.1, 0.15) is 23.1 Å². The molecule has 0 aromatic heterocycles. The fourth-order valence-electron chi connectivity index (χ4n) is 2.58. The lowest BCUT2D eigenvalue weighted by Gasteiger charge is -2.18. The van der Waals surface area contributed by atoms with Gasteiger partial charge < -0.3 is 14.4 Å². The predicted octanol–water partition coefficient (Wildman–Crippen LogP) is 3.60. The summed E-state index contributed by atoms with van der Waals surface area (Å²) in [6.45, 7) is 2.70. The minimum atomic E-state index is 0.125. The zero-order valence-electron chi connectivity index (χ0n) is 14.8. The number of aryl methyl sites for hydroxylation is 2. The van der Waals surface area contributed by atoms with E-state index in [4.69, 9.17) is 9.47 Å². The normalized spacial score (nSPS) is 10.3. The van der Waals surface area contributed by atoms with Crippen molar-refractivity contribution < 1.29 is 14.3 Å². The Morgan fingerprint density at radius 3 is 2.25 bits per heavy atom. The van der Waals surface area contributed by atoms with Gasteiger partial charge in [0.15, 0.2) is 0 Å². The highest BCUT2D eigenvalue weighted by molar-refractivity contribution is 5.76. The van der Waals surface area contributed by atoms with Crippen molar-refractivity contribution >= 4 is 5.91 Å². The molecule has 4 heteroatoms. The topological polar surface area (TPSA) is 38.8 Å². The Morgan fingerprint density at radius 2 is 1.67 bits per heavy atom. The van der Waals surface area contributed by atoms with Crippen molar-refractivity contribution in [1.29, 1.82) is 0 Å². The van der Waals surface area contributed by atoms with E-state index in [1.165, 1.54) is 11.1 Å². The second-order valence-corrected chi connectivity index (χ2v) is 5.90. The van der Waals surface area contributed by atoms with E-state index >= 15 is 0 Å². The molecule has 2 aromatic carbocycles. The van der Waals surface area contributed by atoms with Crippen LogP contribution in [0, 0.1) is 6.92 Å². The van der Waals surface area contributed by atoms with E-state index in [0.717, 1.165) is 17.1 Å². The van der Waals surface area contributed by atoms with Crippen molar-refractivity contribution in [3.05, 3.63) is 59.2 Å². The summed E-state index contributed by atoms with van der Waals surface area (Å²) in [6.07, 6.45) is 1.11. The number of methoxy groups -OCH3 is 2. The number of amides is 1. The van der Waals surface area contributed by atoms with Crippen LogP contribution < -0.4 is 9.47 Å². The van der Waals surface area contributed by atoms with Gasteiger partial charge in [-0.3, -0.25) is 4.79 Å². The standard InChI is InChI=1S/C20H25NO3/c1-15-7-5-6-8-17(15)14-21(2)20(22)10-9-16-11-18(23-3)13-19(12-16)24-4/h5-8,11-13H,9-10,14H2,1-4H3. The van der Waals surface area contributed by atoms with Gasteiger partial charge in [-0.25, -0.2) is 0 Å². The molecule has 0 N–H and O–H groups in total. The second kappa shape index (κ2) is 8.39.